The first kappa shape index (κ1) is 17.4. The van der Waals surface area contributed by atoms with E-state index in [0.29, 0.717) is 0 Å². The number of aromatic nitrogens is 1. The molecule has 2 heterocycles. The summed E-state index contributed by atoms with van der Waals surface area (Å²) in [6.45, 7) is 7.61. The smallest absolute Gasteiger partial charge is 0.123 e. The van der Waals surface area contributed by atoms with Crippen LogP contribution in [-0.2, 0) is 6.54 Å². The Morgan fingerprint density at radius 3 is 2.46 bits per heavy atom. The van der Waals surface area contributed by atoms with Gasteiger partial charge in [0.05, 0.1) is 18.9 Å². The largest absolute Gasteiger partial charge is 0.497 e. The molecule has 0 aliphatic carbocycles. The molecular formula is C18H25N3O2S. The third-order valence-corrected chi connectivity index (χ3v) is 5.20. The second-order valence-corrected chi connectivity index (χ2v) is 7.16. The molecule has 1 saturated heterocycles. The third-order valence-electron chi connectivity index (χ3n) is 4.26. The van der Waals surface area contributed by atoms with Gasteiger partial charge in [-0.25, -0.2) is 4.98 Å². The molecule has 24 heavy (non-hydrogen) atoms. The molecule has 1 unspecified atom stereocenters. The van der Waals surface area contributed by atoms with Crippen molar-refractivity contribution in [2.24, 2.45) is 0 Å². The third kappa shape index (κ3) is 4.54. The standard InChI is InChI=1S/C18H25N3O2S/c1-14(22)11-20-7-9-21(10-8-20)12-16-13-24-18(19-16)15-3-5-17(23-2)6-4-15/h3-6,13-14,22H,7-12H2,1-2H3. The van der Waals surface area contributed by atoms with Crippen LogP contribution in [0.4, 0.5) is 0 Å². The Morgan fingerprint density at radius 1 is 1.17 bits per heavy atom. The molecule has 130 valence electrons. The van der Waals surface area contributed by atoms with Crippen molar-refractivity contribution in [2.45, 2.75) is 19.6 Å². The lowest BCUT2D eigenvalue weighted by molar-refractivity contribution is 0.0777. The van der Waals surface area contributed by atoms with Crippen LogP contribution in [0.25, 0.3) is 10.6 Å². The zero-order valence-electron chi connectivity index (χ0n) is 14.3. The van der Waals surface area contributed by atoms with Crippen LogP contribution in [0.15, 0.2) is 29.6 Å². The highest BCUT2D eigenvalue weighted by Gasteiger charge is 2.18. The van der Waals surface area contributed by atoms with E-state index in [1.165, 1.54) is 0 Å². The summed E-state index contributed by atoms with van der Waals surface area (Å²) in [6.07, 6.45) is -0.248. The predicted molar refractivity (Wildman–Crippen MR) is 97.5 cm³/mol. The van der Waals surface area contributed by atoms with E-state index in [-0.39, 0.29) is 6.10 Å². The second kappa shape index (κ2) is 8.07. The molecule has 0 radical (unpaired) electrons. The Hall–Kier alpha value is -1.47. The lowest BCUT2D eigenvalue weighted by Crippen LogP contribution is -2.47. The first-order valence-corrected chi connectivity index (χ1v) is 9.23. The highest BCUT2D eigenvalue weighted by Crippen LogP contribution is 2.26. The molecule has 0 spiro atoms. The number of ether oxygens (including phenoxy) is 1. The molecule has 1 N–H and O–H groups in total. The highest BCUT2D eigenvalue weighted by atomic mass is 32.1. The van der Waals surface area contributed by atoms with Gasteiger partial charge in [0.25, 0.3) is 0 Å². The van der Waals surface area contributed by atoms with Crippen LogP contribution < -0.4 is 4.74 Å². The molecule has 6 heteroatoms. The van der Waals surface area contributed by atoms with Crippen LogP contribution in [-0.4, -0.2) is 65.8 Å². The fraction of sp³-hybridized carbons (Fsp3) is 0.500. The van der Waals surface area contributed by atoms with Gasteiger partial charge in [-0.15, -0.1) is 11.3 Å². The minimum Gasteiger partial charge on any atom is -0.497 e. The maximum absolute atomic E-state index is 9.48. The summed E-state index contributed by atoms with van der Waals surface area (Å²) < 4.78 is 5.20. The van der Waals surface area contributed by atoms with Crippen molar-refractivity contribution in [3.05, 3.63) is 35.3 Å². The Balaban J connectivity index is 1.54. The van der Waals surface area contributed by atoms with Crippen LogP contribution in [0.3, 0.4) is 0 Å². The number of thiazole rings is 1. The lowest BCUT2D eigenvalue weighted by Gasteiger charge is -2.34. The van der Waals surface area contributed by atoms with E-state index >= 15 is 0 Å². The van der Waals surface area contributed by atoms with E-state index in [9.17, 15) is 5.11 Å². The number of benzene rings is 1. The monoisotopic (exact) mass is 347 g/mol. The molecule has 1 fully saturated rings. The Morgan fingerprint density at radius 2 is 1.83 bits per heavy atom. The van der Waals surface area contributed by atoms with E-state index in [0.717, 1.165) is 61.3 Å². The molecule has 1 aliphatic heterocycles. The molecule has 0 amide bonds. The van der Waals surface area contributed by atoms with Crippen molar-refractivity contribution < 1.29 is 9.84 Å². The fourth-order valence-electron chi connectivity index (χ4n) is 2.98. The quantitative estimate of drug-likeness (QED) is 0.869. The fourth-order valence-corrected chi connectivity index (χ4v) is 3.80. The molecule has 2 aromatic rings. The van der Waals surface area contributed by atoms with Crippen molar-refractivity contribution in [1.82, 2.24) is 14.8 Å². The Labute approximate surface area is 147 Å². The van der Waals surface area contributed by atoms with Gasteiger partial charge < -0.3 is 9.84 Å². The highest BCUT2D eigenvalue weighted by molar-refractivity contribution is 7.13. The van der Waals surface area contributed by atoms with Crippen molar-refractivity contribution in [1.29, 1.82) is 0 Å². The second-order valence-electron chi connectivity index (χ2n) is 6.30. The van der Waals surface area contributed by atoms with Gasteiger partial charge >= 0.3 is 0 Å². The van der Waals surface area contributed by atoms with Gasteiger partial charge in [0.1, 0.15) is 10.8 Å². The number of aliphatic hydroxyl groups is 1. The van der Waals surface area contributed by atoms with Crippen LogP contribution in [0.2, 0.25) is 0 Å². The van der Waals surface area contributed by atoms with E-state index < -0.39 is 0 Å². The number of hydrogen-bond donors (Lipinski definition) is 1. The summed E-state index contributed by atoms with van der Waals surface area (Å²) in [7, 11) is 1.68. The number of rotatable bonds is 6. The van der Waals surface area contributed by atoms with Gasteiger partial charge in [-0.05, 0) is 31.2 Å². The molecule has 1 aromatic carbocycles. The molecule has 0 bridgehead atoms. The van der Waals surface area contributed by atoms with Gasteiger partial charge in [-0.1, -0.05) is 0 Å². The summed E-state index contributed by atoms with van der Waals surface area (Å²) >= 11 is 1.69. The van der Waals surface area contributed by atoms with Crippen LogP contribution in [0.5, 0.6) is 5.75 Å². The first-order chi connectivity index (χ1) is 11.6. The minimum absolute atomic E-state index is 0.248. The molecule has 1 aliphatic rings. The summed E-state index contributed by atoms with van der Waals surface area (Å²) in [4.78, 5) is 9.54. The summed E-state index contributed by atoms with van der Waals surface area (Å²) in [5, 5.41) is 12.7. The van der Waals surface area contributed by atoms with E-state index in [2.05, 4.69) is 27.3 Å². The lowest BCUT2D eigenvalue weighted by atomic mass is 10.2. The average Bonchev–Trinajstić information content (AvgIpc) is 3.05. The molecule has 1 aromatic heterocycles. The Kier molecular flexibility index (Phi) is 5.84. The SMILES string of the molecule is COc1ccc(-c2nc(CN3CCN(CC(C)O)CC3)cs2)cc1. The maximum Gasteiger partial charge on any atom is 0.123 e. The summed E-state index contributed by atoms with van der Waals surface area (Å²) in [5.74, 6) is 0.866. The molecular weight excluding hydrogens is 322 g/mol. The van der Waals surface area contributed by atoms with E-state index in [4.69, 9.17) is 9.72 Å². The van der Waals surface area contributed by atoms with Crippen LogP contribution in [0.1, 0.15) is 12.6 Å². The number of aliphatic hydroxyl groups excluding tert-OH is 1. The minimum atomic E-state index is -0.248. The summed E-state index contributed by atoms with van der Waals surface area (Å²) in [5.41, 5.74) is 2.27. The number of piperazine rings is 1. The van der Waals surface area contributed by atoms with Crippen LogP contribution in [0, 0.1) is 0 Å². The Bertz CT molecular complexity index is 634. The zero-order chi connectivity index (χ0) is 16.9. The number of nitrogens with zero attached hydrogens (tertiary/aromatic N) is 3. The van der Waals surface area contributed by atoms with E-state index in [1.54, 1.807) is 18.4 Å². The van der Waals surface area contributed by atoms with Gasteiger partial charge in [0.2, 0.25) is 0 Å². The van der Waals surface area contributed by atoms with Gasteiger partial charge in [-0.3, -0.25) is 9.80 Å². The number of hydrogen-bond acceptors (Lipinski definition) is 6. The average molecular weight is 347 g/mol. The number of β-amino-alcohol motifs (C(OH)–C–C–N with tert-alkyl or cyclic N) is 1. The van der Waals surface area contributed by atoms with Crippen molar-refractivity contribution in [3.8, 4) is 16.3 Å². The zero-order valence-corrected chi connectivity index (χ0v) is 15.1. The van der Waals surface area contributed by atoms with Gasteiger partial charge in [0, 0.05) is 50.2 Å². The van der Waals surface area contributed by atoms with Gasteiger partial charge in [0.15, 0.2) is 0 Å². The molecule has 3 rings (SSSR count). The number of methoxy groups -OCH3 is 1. The van der Waals surface area contributed by atoms with Gasteiger partial charge in [-0.2, -0.15) is 0 Å². The topological polar surface area (TPSA) is 48.8 Å². The van der Waals surface area contributed by atoms with Crippen molar-refractivity contribution in [3.63, 3.8) is 0 Å². The normalized spacial score (nSPS) is 17.8. The molecule has 0 saturated carbocycles. The first-order valence-electron chi connectivity index (χ1n) is 8.35. The maximum atomic E-state index is 9.48. The van der Waals surface area contributed by atoms with Crippen LogP contribution >= 0.6 is 11.3 Å². The summed E-state index contributed by atoms with van der Waals surface area (Å²) in [6, 6.07) is 8.04. The van der Waals surface area contributed by atoms with E-state index in [1.807, 2.05) is 19.1 Å². The van der Waals surface area contributed by atoms with Crippen molar-refractivity contribution in [2.75, 3.05) is 39.8 Å². The van der Waals surface area contributed by atoms with Crippen molar-refractivity contribution >= 4 is 11.3 Å². The predicted octanol–water partition coefficient (Wildman–Crippen LogP) is 2.32. The molecule has 1 atom stereocenters. The molecule has 5 nitrogen and oxygen atoms in total.